The Morgan fingerprint density at radius 3 is 1.93 bits per heavy atom. The van der Waals surface area contributed by atoms with Gasteiger partial charge >= 0.3 is 18.1 Å². The molecule has 4 unspecified atom stereocenters. The molecule has 0 aliphatic rings. The number of aliphatic hydroxyl groups is 1. The second-order valence-electron chi connectivity index (χ2n) is 12.2. The number of carbonyl (C=O) groups excluding carboxylic acids is 4. The van der Waals surface area contributed by atoms with Gasteiger partial charge in [0.15, 0.2) is 11.7 Å². The number of hydrogen-bond donors (Lipinski definition) is 1. The van der Waals surface area contributed by atoms with E-state index in [0.29, 0.717) is 6.92 Å². The number of esters is 2. The van der Waals surface area contributed by atoms with Crippen molar-refractivity contribution in [2.24, 2.45) is 16.7 Å². The quantitative estimate of drug-likeness (QED) is 0.294. The summed E-state index contributed by atoms with van der Waals surface area (Å²) in [5, 5.41) is 10.0. The molecule has 0 aliphatic heterocycles. The summed E-state index contributed by atoms with van der Waals surface area (Å²) in [4.78, 5) is 52.7. The van der Waals surface area contributed by atoms with Gasteiger partial charge in [0.1, 0.15) is 6.10 Å². The monoisotopic (exact) mass is 587 g/mol. The van der Waals surface area contributed by atoms with Gasteiger partial charge in [-0.1, -0.05) is 39.0 Å². The molecular formula is C30H44F3NO7. The molecule has 2 amide bonds. The molecule has 0 saturated heterocycles. The van der Waals surface area contributed by atoms with Gasteiger partial charge < -0.3 is 14.6 Å². The van der Waals surface area contributed by atoms with Gasteiger partial charge in [-0.2, -0.15) is 13.2 Å². The van der Waals surface area contributed by atoms with Gasteiger partial charge in [-0.05, 0) is 71.9 Å². The van der Waals surface area contributed by atoms with E-state index in [2.05, 4.69) is 0 Å². The number of benzene rings is 1. The number of alkyl halides is 3. The molecular weight excluding hydrogens is 543 g/mol. The molecule has 0 fully saturated rings. The van der Waals surface area contributed by atoms with E-state index in [-0.39, 0.29) is 30.7 Å². The van der Waals surface area contributed by atoms with E-state index in [4.69, 9.17) is 9.47 Å². The van der Waals surface area contributed by atoms with Crippen molar-refractivity contribution in [3.8, 4) is 0 Å². The van der Waals surface area contributed by atoms with Gasteiger partial charge in [-0.15, -0.1) is 0 Å². The van der Waals surface area contributed by atoms with E-state index in [9.17, 15) is 37.5 Å². The van der Waals surface area contributed by atoms with Crippen LogP contribution in [0.5, 0.6) is 0 Å². The third-order valence-corrected chi connectivity index (χ3v) is 7.19. The number of imide groups is 1. The van der Waals surface area contributed by atoms with Gasteiger partial charge in [-0.25, -0.2) is 0 Å². The fraction of sp³-hybridized carbons (Fsp3) is 0.667. The first-order valence-corrected chi connectivity index (χ1v) is 13.7. The molecule has 0 heterocycles. The smallest absolute Gasteiger partial charge is 0.417 e. The lowest BCUT2D eigenvalue weighted by molar-refractivity contribution is -0.262. The lowest BCUT2D eigenvalue weighted by Gasteiger charge is -2.37. The second kappa shape index (κ2) is 13.8. The Morgan fingerprint density at radius 2 is 1.46 bits per heavy atom. The number of nitrogens with zero attached hydrogens (tertiary/aromatic N) is 1. The van der Waals surface area contributed by atoms with Crippen molar-refractivity contribution in [1.29, 1.82) is 0 Å². The van der Waals surface area contributed by atoms with Crippen molar-refractivity contribution in [2.45, 2.75) is 105 Å². The molecule has 4 atom stereocenters. The van der Waals surface area contributed by atoms with Crippen molar-refractivity contribution in [3.63, 3.8) is 0 Å². The maximum absolute atomic E-state index is 13.3. The predicted molar refractivity (Wildman–Crippen MR) is 147 cm³/mol. The summed E-state index contributed by atoms with van der Waals surface area (Å²) in [5.74, 6) is -3.04. The zero-order valence-electron chi connectivity index (χ0n) is 25.4. The highest BCUT2D eigenvalue weighted by Crippen LogP contribution is 2.41. The number of ether oxygens (including phenoxy) is 2. The van der Waals surface area contributed by atoms with Gasteiger partial charge in [0.2, 0.25) is 0 Å². The summed E-state index contributed by atoms with van der Waals surface area (Å²) in [6, 6.07) is 8.12. The minimum absolute atomic E-state index is 0.0953. The summed E-state index contributed by atoms with van der Waals surface area (Å²) < 4.78 is 50.9. The summed E-state index contributed by atoms with van der Waals surface area (Å²) in [6.45, 7) is 11.8. The highest BCUT2D eigenvalue weighted by molar-refractivity contribution is 6.05. The minimum atomic E-state index is -4.91. The van der Waals surface area contributed by atoms with E-state index >= 15 is 0 Å². The molecule has 8 nitrogen and oxygen atoms in total. The third-order valence-electron chi connectivity index (χ3n) is 7.19. The summed E-state index contributed by atoms with van der Waals surface area (Å²) in [6.07, 6.45) is -8.08. The summed E-state index contributed by atoms with van der Waals surface area (Å²) >= 11 is 0. The molecule has 1 N–H and O–H groups in total. The van der Waals surface area contributed by atoms with Crippen molar-refractivity contribution < 1.29 is 46.9 Å². The topological polar surface area (TPSA) is 110 Å². The van der Waals surface area contributed by atoms with Crippen LogP contribution in [0.15, 0.2) is 30.3 Å². The Bertz CT molecular complexity index is 1070. The molecule has 41 heavy (non-hydrogen) atoms. The average Bonchev–Trinajstić information content (AvgIpc) is 2.85. The van der Waals surface area contributed by atoms with Gasteiger partial charge in [0.05, 0.1) is 10.8 Å². The van der Waals surface area contributed by atoms with Crippen LogP contribution >= 0.6 is 0 Å². The fourth-order valence-corrected chi connectivity index (χ4v) is 4.46. The maximum atomic E-state index is 13.3. The first-order chi connectivity index (χ1) is 18.6. The molecule has 1 rings (SSSR count). The van der Waals surface area contributed by atoms with E-state index in [1.165, 1.54) is 27.8 Å². The van der Waals surface area contributed by atoms with E-state index in [1.807, 2.05) is 0 Å². The van der Waals surface area contributed by atoms with Crippen LogP contribution in [0.3, 0.4) is 0 Å². The molecule has 1 aromatic carbocycles. The zero-order valence-corrected chi connectivity index (χ0v) is 25.4. The molecule has 0 aromatic heterocycles. The van der Waals surface area contributed by atoms with E-state index in [1.54, 1.807) is 58.0 Å². The molecule has 0 saturated carbocycles. The average molecular weight is 588 g/mol. The highest BCUT2D eigenvalue weighted by Gasteiger charge is 2.52. The predicted octanol–water partition coefficient (Wildman–Crippen LogP) is 5.71. The number of halogens is 3. The van der Waals surface area contributed by atoms with Crippen LogP contribution in [0.25, 0.3) is 0 Å². The van der Waals surface area contributed by atoms with Crippen LogP contribution in [-0.2, 0) is 23.9 Å². The maximum Gasteiger partial charge on any atom is 0.417 e. The number of hydrogen-bond acceptors (Lipinski definition) is 7. The zero-order chi connectivity index (χ0) is 32.0. The van der Waals surface area contributed by atoms with E-state index < -0.39 is 65.0 Å². The second-order valence-corrected chi connectivity index (χ2v) is 12.2. The fourth-order valence-electron chi connectivity index (χ4n) is 4.46. The lowest BCUT2D eigenvalue weighted by Crippen LogP contribution is -2.47. The van der Waals surface area contributed by atoms with Crippen LogP contribution in [0.1, 0.15) is 91.4 Å². The van der Waals surface area contributed by atoms with Crippen LogP contribution in [0, 0.1) is 16.7 Å². The van der Waals surface area contributed by atoms with Crippen LogP contribution in [-0.4, -0.2) is 64.8 Å². The van der Waals surface area contributed by atoms with Crippen LogP contribution in [0.4, 0.5) is 13.2 Å². The Hall–Kier alpha value is -2.95. The number of likely N-dealkylation sites (N-methyl/N-ethyl adjacent to an activating group) is 1. The summed E-state index contributed by atoms with van der Waals surface area (Å²) in [5.41, 5.74) is -5.39. The number of carbonyl (C=O) groups is 4. The summed E-state index contributed by atoms with van der Waals surface area (Å²) in [7, 11) is 1.28. The molecule has 0 bridgehead atoms. The Kier molecular flexibility index (Phi) is 12.2. The molecule has 0 radical (unpaired) electrons. The largest absolute Gasteiger partial charge is 0.462 e. The van der Waals surface area contributed by atoms with Crippen molar-refractivity contribution in [2.75, 3.05) is 7.05 Å². The van der Waals surface area contributed by atoms with Crippen LogP contribution < -0.4 is 0 Å². The SMILES string of the molecule is CCC(C)(CC(C)(C)C(=O)OC(C)C(=O)N(C)C(=O)c1ccccc1)C(=O)OC(CC(C)C)CC(C)(O)C(F)(F)F. The lowest BCUT2D eigenvalue weighted by atomic mass is 9.72. The number of rotatable bonds is 13. The Morgan fingerprint density at radius 1 is 0.927 bits per heavy atom. The number of amides is 2. The Balaban J connectivity index is 3.01. The molecule has 232 valence electrons. The first kappa shape index (κ1) is 36.1. The van der Waals surface area contributed by atoms with Gasteiger partial charge in [-0.3, -0.25) is 24.1 Å². The normalized spacial score (nSPS) is 16.6. The molecule has 11 heteroatoms. The Labute approximate surface area is 240 Å². The van der Waals surface area contributed by atoms with Gasteiger partial charge in [0.25, 0.3) is 11.8 Å². The molecule has 0 aliphatic carbocycles. The molecule has 1 aromatic rings. The van der Waals surface area contributed by atoms with Crippen molar-refractivity contribution in [3.05, 3.63) is 35.9 Å². The van der Waals surface area contributed by atoms with Gasteiger partial charge in [0, 0.05) is 19.0 Å². The van der Waals surface area contributed by atoms with Crippen molar-refractivity contribution in [1.82, 2.24) is 4.90 Å². The highest BCUT2D eigenvalue weighted by atomic mass is 19.4. The van der Waals surface area contributed by atoms with Crippen molar-refractivity contribution >= 4 is 23.8 Å². The first-order valence-electron chi connectivity index (χ1n) is 13.7. The standard InChI is InChI=1S/C30H44F3NO7/c1-10-28(7,26(38)41-22(16-19(2)3)17-29(8,39)30(31,32)33)18-27(5,6)25(37)40-20(4)23(35)34(9)24(36)21-14-12-11-13-15-21/h11-15,19-20,22,39H,10,16-18H2,1-9H3. The molecule has 0 spiro atoms. The van der Waals surface area contributed by atoms with E-state index in [0.717, 1.165) is 4.90 Å². The van der Waals surface area contributed by atoms with Crippen LogP contribution in [0.2, 0.25) is 0 Å². The minimum Gasteiger partial charge on any atom is -0.462 e. The third kappa shape index (κ3) is 9.83.